The first-order chi connectivity index (χ1) is 14.1. The molecule has 0 fully saturated rings. The highest BCUT2D eigenvalue weighted by atomic mass is 32.2. The van der Waals surface area contributed by atoms with Gasteiger partial charge in [-0.2, -0.15) is 5.10 Å². The molecule has 2 aromatic carbocycles. The van der Waals surface area contributed by atoms with E-state index < -0.39 is 5.91 Å². The van der Waals surface area contributed by atoms with Gasteiger partial charge < -0.3 is 15.5 Å². The minimum Gasteiger partial charge on any atom is -0.484 e. The third kappa shape index (κ3) is 4.30. The highest BCUT2D eigenvalue weighted by molar-refractivity contribution is 7.98. The molecule has 29 heavy (non-hydrogen) atoms. The fourth-order valence-corrected chi connectivity index (χ4v) is 3.55. The van der Waals surface area contributed by atoms with Crippen molar-refractivity contribution in [2.75, 3.05) is 6.61 Å². The molecule has 2 aromatic heterocycles. The third-order valence-electron chi connectivity index (χ3n) is 4.07. The highest BCUT2D eigenvalue weighted by Crippen LogP contribution is 2.23. The Kier molecular flexibility index (Phi) is 5.30. The number of fused-ring (bicyclic) bond motifs is 1. The van der Waals surface area contributed by atoms with E-state index in [2.05, 4.69) is 15.1 Å². The summed E-state index contributed by atoms with van der Waals surface area (Å²) in [5.74, 6) is 0.581. The summed E-state index contributed by atoms with van der Waals surface area (Å²) in [5, 5.41) is 5.22. The Labute approximate surface area is 169 Å². The number of ether oxygens (including phenoxy) is 1. The van der Waals surface area contributed by atoms with Crippen LogP contribution < -0.4 is 16.0 Å². The van der Waals surface area contributed by atoms with Gasteiger partial charge in [-0.15, -0.1) is 0 Å². The molecular formula is C20H17N5O3S. The summed E-state index contributed by atoms with van der Waals surface area (Å²) in [6, 6.07) is 16.9. The lowest BCUT2D eigenvalue weighted by Crippen LogP contribution is -2.20. The van der Waals surface area contributed by atoms with Crippen molar-refractivity contribution in [1.82, 2.24) is 19.7 Å². The summed E-state index contributed by atoms with van der Waals surface area (Å²) >= 11 is 1.39. The number of carbonyl (C=O) groups excluding carboxylic acids is 1. The predicted octanol–water partition coefficient (Wildman–Crippen LogP) is 2.27. The molecule has 0 aliphatic carbocycles. The summed E-state index contributed by atoms with van der Waals surface area (Å²) in [4.78, 5) is 30.7. The van der Waals surface area contributed by atoms with Crippen molar-refractivity contribution in [3.8, 4) is 11.4 Å². The van der Waals surface area contributed by atoms with Crippen molar-refractivity contribution in [2.45, 2.75) is 10.9 Å². The van der Waals surface area contributed by atoms with Crippen LogP contribution >= 0.6 is 11.8 Å². The predicted molar refractivity (Wildman–Crippen MR) is 110 cm³/mol. The second-order valence-corrected chi connectivity index (χ2v) is 7.16. The number of benzene rings is 2. The highest BCUT2D eigenvalue weighted by Gasteiger charge is 2.12. The molecule has 0 atom stereocenters. The topological polar surface area (TPSA) is 116 Å². The average Bonchev–Trinajstić information content (AvgIpc) is 3.16. The quantitative estimate of drug-likeness (QED) is 0.359. The molecule has 2 heterocycles. The molecule has 4 aromatic rings. The number of aromatic nitrogens is 4. The van der Waals surface area contributed by atoms with E-state index >= 15 is 0 Å². The number of aromatic amines is 1. The molecule has 0 saturated heterocycles. The van der Waals surface area contributed by atoms with Crippen molar-refractivity contribution in [3.63, 3.8) is 0 Å². The standard InChI is InChI=1S/C20H17N5O3S/c21-17(26)11-28-15-8-4-5-13(9-15)12-29-20-23-18-16(19(27)24-20)10-22-25(18)14-6-2-1-3-7-14/h1-10H,11-12H2,(H2,21,26)(H,23,24,27). The van der Waals surface area contributed by atoms with Crippen LogP contribution in [0, 0.1) is 0 Å². The summed E-state index contributed by atoms with van der Waals surface area (Å²) in [6.45, 7) is -0.175. The van der Waals surface area contributed by atoms with Crippen LogP contribution in [-0.2, 0) is 10.5 Å². The van der Waals surface area contributed by atoms with Gasteiger partial charge in [0, 0.05) is 5.75 Å². The van der Waals surface area contributed by atoms with Gasteiger partial charge >= 0.3 is 0 Å². The minimum absolute atomic E-state index is 0.175. The number of rotatable bonds is 7. The Morgan fingerprint density at radius 2 is 2.00 bits per heavy atom. The molecule has 0 spiro atoms. The fourth-order valence-electron chi connectivity index (χ4n) is 2.76. The van der Waals surface area contributed by atoms with Crippen molar-refractivity contribution in [1.29, 1.82) is 0 Å². The number of amides is 1. The molecule has 0 saturated carbocycles. The number of nitrogens with one attached hydrogen (secondary N) is 1. The Morgan fingerprint density at radius 1 is 1.17 bits per heavy atom. The van der Waals surface area contributed by atoms with E-state index in [1.807, 2.05) is 48.5 Å². The normalized spacial score (nSPS) is 10.9. The van der Waals surface area contributed by atoms with Crippen molar-refractivity contribution >= 4 is 28.7 Å². The van der Waals surface area contributed by atoms with E-state index in [1.165, 1.54) is 18.0 Å². The van der Waals surface area contributed by atoms with Crippen LogP contribution in [0.3, 0.4) is 0 Å². The molecule has 0 aliphatic rings. The zero-order chi connectivity index (χ0) is 20.2. The number of hydrogen-bond donors (Lipinski definition) is 2. The molecule has 0 bridgehead atoms. The van der Waals surface area contributed by atoms with Crippen molar-refractivity contribution in [2.24, 2.45) is 5.73 Å². The number of para-hydroxylation sites is 1. The van der Waals surface area contributed by atoms with Crippen LogP contribution in [0.5, 0.6) is 5.75 Å². The molecule has 0 unspecified atom stereocenters. The molecule has 8 nitrogen and oxygen atoms in total. The molecule has 0 aliphatic heterocycles. The Hall–Kier alpha value is -3.59. The molecule has 3 N–H and O–H groups in total. The Morgan fingerprint density at radius 3 is 2.79 bits per heavy atom. The molecule has 9 heteroatoms. The monoisotopic (exact) mass is 407 g/mol. The van der Waals surface area contributed by atoms with Gasteiger partial charge in [0.1, 0.15) is 11.1 Å². The van der Waals surface area contributed by atoms with E-state index in [0.29, 0.717) is 27.7 Å². The van der Waals surface area contributed by atoms with Crippen molar-refractivity contribution in [3.05, 3.63) is 76.7 Å². The number of nitrogens with zero attached hydrogens (tertiary/aromatic N) is 3. The van der Waals surface area contributed by atoms with Gasteiger partial charge in [0.25, 0.3) is 11.5 Å². The molecule has 1 amide bonds. The van der Waals surface area contributed by atoms with Gasteiger partial charge in [0.05, 0.1) is 11.9 Å². The van der Waals surface area contributed by atoms with Crippen LogP contribution in [0.15, 0.2) is 70.7 Å². The fraction of sp³-hybridized carbons (Fsp3) is 0.100. The van der Waals surface area contributed by atoms with Crippen LogP contribution in [0.25, 0.3) is 16.7 Å². The first-order valence-electron chi connectivity index (χ1n) is 8.76. The van der Waals surface area contributed by atoms with Gasteiger partial charge in [0.15, 0.2) is 17.4 Å². The van der Waals surface area contributed by atoms with Gasteiger partial charge in [-0.1, -0.05) is 42.1 Å². The molecular weight excluding hydrogens is 390 g/mol. The smallest absolute Gasteiger partial charge is 0.262 e. The Bertz CT molecular complexity index is 1220. The zero-order valence-corrected chi connectivity index (χ0v) is 16.1. The molecule has 0 radical (unpaired) electrons. The van der Waals surface area contributed by atoms with Gasteiger partial charge in [-0.05, 0) is 29.8 Å². The van der Waals surface area contributed by atoms with Crippen LogP contribution in [0.4, 0.5) is 0 Å². The number of thioether (sulfide) groups is 1. The number of H-pyrrole nitrogens is 1. The van der Waals surface area contributed by atoms with E-state index in [9.17, 15) is 9.59 Å². The number of hydrogen-bond acceptors (Lipinski definition) is 6. The second-order valence-electron chi connectivity index (χ2n) is 6.19. The maximum atomic E-state index is 12.4. The van der Waals surface area contributed by atoms with Gasteiger partial charge in [0.2, 0.25) is 0 Å². The largest absolute Gasteiger partial charge is 0.484 e. The van der Waals surface area contributed by atoms with E-state index in [0.717, 1.165) is 11.3 Å². The van der Waals surface area contributed by atoms with Gasteiger partial charge in [-0.25, -0.2) is 9.67 Å². The first-order valence-corrected chi connectivity index (χ1v) is 9.75. The summed E-state index contributed by atoms with van der Waals surface area (Å²) in [7, 11) is 0. The number of primary amides is 1. The lowest BCUT2D eigenvalue weighted by atomic mass is 10.2. The zero-order valence-electron chi connectivity index (χ0n) is 15.2. The summed E-state index contributed by atoms with van der Waals surface area (Å²) in [5.41, 5.74) is 7.15. The Balaban J connectivity index is 1.57. The third-order valence-corrected chi connectivity index (χ3v) is 5.02. The lowest BCUT2D eigenvalue weighted by molar-refractivity contribution is -0.119. The minimum atomic E-state index is -0.533. The SMILES string of the molecule is NC(=O)COc1cccc(CSc2nc3c(cnn3-c3ccccc3)c(=O)[nH]2)c1. The van der Waals surface area contributed by atoms with Gasteiger partial charge in [-0.3, -0.25) is 9.59 Å². The number of nitrogens with two attached hydrogens (primary N) is 1. The van der Waals surface area contributed by atoms with Crippen molar-refractivity contribution < 1.29 is 9.53 Å². The summed E-state index contributed by atoms with van der Waals surface area (Å²) < 4.78 is 6.97. The average molecular weight is 407 g/mol. The van der Waals surface area contributed by atoms with Crippen LogP contribution in [0.2, 0.25) is 0 Å². The first kappa shape index (κ1) is 18.8. The number of carbonyl (C=O) groups is 1. The van der Waals surface area contributed by atoms with E-state index in [1.54, 1.807) is 10.7 Å². The maximum absolute atomic E-state index is 12.4. The van der Waals surface area contributed by atoms with E-state index in [-0.39, 0.29) is 12.2 Å². The molecule has 146 valence electrons. The lowest BCUT2D eigenvalue weighted by Gasteiger charge is -2.07. The summed E-state index contributed by atoms with van der Waals surface area (Å²) in [6.07, 6.45) is 1.52. The van der Waals surface area contributed by atoms with Crippen LogP contribution in [0.1, 0.15) is 5.56 Å². The van der Waals surface area contributed by atoms with E-state index in [4.69, 9.17) is 10.5 Å². The second kappa shape index (κ2) is 8.19. The molecule has 4 rings (SSSR count). The van der Waals surface area contributed by atoms with Crippen LogP contribution in [-0.4, -0.2) is 32.3 Å². The maximum Gasteiger partial charge on any atom is 0.262 e.